The topological polar surface area (TPSA) is 99.3 Å². The number of anilines is 1. The Labute approximate surface area is 142 Å². The molecule has 0 spiro atoms. The number of nitrogens with one attached hydrogen (secondary N) is 4. The Balaban J connectivity index is 2.72. The average Bonchev–Trinajstić information content (AvgIpc) is 2.55. The standard InChI is InChI=1S/C17H26N4O3/c1-6-10(2)19-15(22)12(4)20-17(24)21-14-9-7-8-13(11(14)3)16(23)18-5/h7-10,12H,6H2,1-5H3,(H,18,23)(H,19,22)(H2,20,21,24)/t10-,12-/m0/s1. The lowest BCUT2D eigenvalue weighted by Crippen LogP contribution is -2.48. The zero-order chi connectivity index (χ0) is 18.3. The zero-order valence-electron chi connectivity index (χ0n) is 14.8. The Morgan fingerprint density at radius 2 is 1.79 bits per heavy atom. The zero-order valence-corrected chi connectivity index (χ0v) is 14.8. The van der Waals surface area contributed by atoms with Crippen molar-refractivity contribution in [1.29, 1.82) is 0 Å². The molecule has 0 saturated carbocycles. The summed E-state index contributed by atoms with van der Waals surface area (Å²) in [6.07, 6.45) is 0.816. The highest BCUT2D eigenvalue weighted by atomic mass is 16.2. The van der Waals surface area contributed by atoms with E-state index >= 15 is 0 Å². The first kappa shape index (κ1) is 19.5. The van der Waals surface area contributed by atoms with E-state index in [1.54, 1.807) is 39.1 Å². The lowest BCUT2D eigenvalue weighted by Gasteiger charge is -2.18. The fourth-order valence-corrected chi connectivity index (χ4v) is 2.04. The fraction of sp³-hybridized carbons (Fsp3) is 0.471. The molecule has 0 bridgehead atoms. The van der Waals surface area contributed by atoms with Crippen LogP contribution in [0.25, 0.3) is 0 Å². The van der Waals surface area contributed by atoms with E-state index in [0.717, 1.165) is 6.42 Å². The van der Waals surface area contributed by atoms with Crippen LogP contribution in [0.4, 0.5) is 10.5 Å². The van der Waals surface area contributed by atoms with Gasteiger partial charge in [0.05, 0.1) is 0 Å². The molecule has 2 atom stereocenters. The Morgan fingerprint density at radius 1 is 1.12 bits per heavy atom. The highest BCUT2D eigenvalue weighted by molar-refractivity contribution is 5.99. The minimum atomic E-state index is -0.665. The minimum Gasteiger partial charge on any atom is -0.355 e. The molecule has 0 aliphatic rings. The predicted molar refractivity (Wildman–Crippen MR) is 94.1 cm³/mol. The quantitative estimate of drug-likeness (QED) is 0.638. The van der Waals surface area contributed by atoms with Crippen LogP contribution in [0.1, 0.15) is 43.1 Å². The normalized spacial score (nSPS) is 12.7. The van der Waals surface area contributed by atoms with E-state index in [4.69, 9.17) is 0 Å². The maximum absolute atomic E-state index is 12.1. The number of amides is 4. The van der Waals surface area contributed by atoms with Crippen molar-refractivity contribution >= 4 is 23.5 Å². The van der Waals surface area contributed by atoms with Crippen LogP contribution >= 0.6 is 0 Å². The number of carbonyl (C=O) groups is 3. The summed E-state index contributed by atoms with van der Waals surface area (Å²) in [6.45, 7) is 7.24. The van der Waals surface area contributed by atoms with Gasteiger partial charge in [-0.25, -0.2) is 4.79 Å². The molecule has 132 valence electrons. The van der Waals surface area contributed by atoms with Crippen molar-refractivity contribution in [1.82, 2.24) is 16.0 Å². The van der Waals surface area contributed by atoms with Crippen molar-refractivity contribution in [3.05, 3.63) is 29.3 Å². The van der Waals surface area contributed by atoms with Crippen molar-refractivity contribution in [2.45, 2.75) is 46.2 Å². The van der Waals surface area contributed by atoms with Crippen molar-refractivity contribution in [3.8, 4) is 0 Å². The summed E-state index contributed by atoms with van der Waals surface area (Å²) < 4.78 is 0. The van der Waals surface area contributed by atoms with Crippen LogP contribution in [0.2, 0.25) is 0 Å². The molecular weight excluding hydrogens is 308 g/mol. The second-order valence-corrected chi connectivity index (χ2v) is 5.70. The maximum atomic E-state index is 12.1. The van der Waals surface area contributed by atoms with Gasteiger partial charge in [0, 0.05) is 24.3 Å². The van der Waals surface area contributed by atoms with Crippen molar-refractivity contribution in [2.75, 3.05) is 12.4 Å². The van der Waals surface area contributed by atoms with Gasteiger partial charge in [-0.3, -0.25) is 9.59 Å². The summed E-state index contributed by atoms with van der Waals surface area (Å²) in [6, 6.07) is 3.95. The Morgan fingerprint density at radius 3 is 2.38 bits per heavy atom. The first-order valence-corrected chi connectivity index (χ1v) is 7.99. The predicted octanol–water partition coefficient (Wildman–Crippen LogP) is 1.78. The molecule has 4 amide bonds. The third kappa shape index (κ3) is 5.26. The van der Waals surface area contributed by atoms with E-state index in [9.17, 15) is 14.4 Å². The monoisotopic (exact) mass is 334 g/mol. The smallest absolute Gasteiger partial charge is 0.319 e. The van der Waals surface area contributed by atoms with E-state index in [1.165, 1.54) is 0 Å². The molecule has 0 unspecified atom stereocenters. The molecular formula is C17H26N4O3. The number of benzene rings is 1. The molecule has 7 nitrogen and oxygen atoms in total. The SMILES string of the molecule is CC[C@H](C)NC(=O)[C@H](C)NC(=O)Nc1cccc(C(=O)NC)c1C. The molecule has 0 heterocycles. The highest BCUT2D eigenvalue weighted by Crippen LogP contribution is 2.18. The van der Waals surface area contributed by atoms with Gasteiger partial charge in [-0.1, -0.05) is 13.0 Å². The first-order valence-electron chi connectivity index (χ1n) is 7.99. The molecule has 0 radical (unpaired) electrons. The molecule has 0 fully saturated rings. The van der Waals surface area contributed by atoms with Crippen LogP contribution in [0, 0.1) is 6.92 Å². The molecule has 24 heavy (non-hydrogen) atoms. The third-order valence-electron chi connectivity index (χ3n) is 3.80. The average molecular weight is 334 g/mol. The van der Waals surface area contributed by atoms with Gasteiger partial charge >= 0.3 is 6.03 Å². The van der Waals surface area contributed by atoms with Gasteiger partial charge in [0.15, 0.2) is 0 Å². The van der Waals surface area contributed by atoms with Gasteiger partial charge in [-0.05, 0) is 44.9 Å². The highest BCUT2D eigenvalue weighted by Gasteiger charge is 2.18. The number of hydrogen-bond acceptors (Lipinski definition) is 3. The Kier molecular flexibility index (Phi) is 7.23. The summed E-state index contributed by atoms with van der Waals surface area (Å²) in [5.74, 6) is -0.465. The van der Waals surface area contributed by atoms with Gasteiger partial charge in [-0.2, -0.15) is 0 Å². The number of hydrogen-bond donors (Lipinski definition) is 4. The van der Waals surface area contributed by atoms with Crippen LogP contribution in [-0.2, 0) is 4.79 Å². The maximum Gasteiger partial charge on any atom is 0.319 e. The van der Waals surface area contributed by atoms with E-state index in [0.29, 0.717) is 16.8 Å². The molecule has 0 aliphatic heterocycles. The van der Waals surface area contributed by atoms with Crippen molar-refractivity contribution in [3.63, 3.8) is 0 Å². The summed E-state index contributed by atoms with van der Waals surface area (Å²) >= 11 is 0. The second-order valence-electron chi connectivity index (χ2n) is 5.70. The molecule has 1 aromatic carbocycles. The largest absolute Gasteiger partial charge is 0.355 e. The summed E-state index contributed by atoms with van der Waals surface area (Å²) in [5, 5.41) is 10.6. The van der Waals surface area contributed by atoms with Gasteiger partial charge in [-0.15, -0.1) is 0 Å². The van der Waals surface area contributed by atoms with Gasteiger partial charge in [0.1, 0.15) is 6.04 Å². The molecule has 0 aromatic heterocycles. The van der Waals surface area contributed by atoms with Crippen LogP contribution in [0.15, 0.2) is 18.2 Å². The molecule has 4 N–H and O–H groups in total. The van der Waals surface area contributed by atoms with Crippen molar-refractivity contribution < 1.29 is 14.4 Å². The van der Waals surface area contributed by atoms with E-state index in [2.05, 4.69) is 21.3 Å². The number of carbonyl (C=O) groups excluding carboxylic acids is 3. The molecule has 0 aliphatic carbocycles. The van der Waals surface area contributed by atoms with Gasteiger partial charge in [0.2, 0.25) is 5.91 Å². The minimum absolute atomic E-state index is 0.0521. The lowest BCUT2D eigenvalue weighted by molar-refractivity contribution is -0.123. The fourth-order valence-electron chi connectivity index (χ4n) is 2.04. The van der Waals surface area contributed by atoms with Gasteiger partial charge < -0.3 is 21.3 Å². The Bertz CT molecular complexity index is 616. The molecule has 1 rings (SSSR count). The summed E-state index contributed by atoms with van der Waals surface area (Å²) in [7, 11) is 1.55. The van der Waals surface area contributed by atoms with E-state index < -0.39 is 12.1 Å². The Hall–Kier alpha value is -2.57. The van der Waals surface area contributed by atoms with Gasteiger partial charge in [0.25, 0.3) is 5.91 Å². The molecule has 7 heteroatoms. The number of urea groups is 1. The second kappa shape index (κ2) is 8.90. The third-order valence-corrected chi connectivity index (χ3v) is 3.80. The van der Waals surface area contributed by atoms with E-state index in [1.807, 2.05) is 13.8 Å². The lowest BCUT2D eigenvalue weighted by atomic mass is 10.1. The summed E-state index contributed by atoms with van der Waals surface area (Å²) in [4.78, 5) is 35.8. The van der Waals surface area contributed by atoms with Crippen molar-refractivity contribution in [2.24, 2.45) is 0 Å². The summed E-state index contributed by atoms with van der Waals surface area (Å²) in [5.41, 5.74) is 1.66. The molecule has 0 saturated heterocycles. The van der Waals surface area contributed by atoms with Crippen LogP contribution in [-0.4, -0.2) is 37.0 Å². The first-order chi connectivity index (χ1) is 11.3. The van der Waals surface area contributed by atoms with Crippen LogP contribution in [0.3, 0.4) is 0 Å². The number of rotatable bonds is 6. The van der Waals surface area contributed by atoms with E-state index in [-0.39, 0.29) is 17.9 Å². The van der Waals surface area contributed by atoms with Crippen LogP contribution < -0.4 is 21.3 Å². The molecule has 1 aromatic rings. The van der Waals surface area contributed by atoms with Crippen LogP contribution in [0.5, 0.6) is 0 Å².